The van der Waals surface area contributed by atoms with Crippen LogP contribution < -0.4 is 0 Å². The normalized spacial score (nSPS) is 36.3. The summed E-state index contributed by atoms with van der Waals surface area (Å²) in [5.74, 6) is 2.80. The van der Waals surface area contributed by atoms with Crippen molar-refractivity contribution in [1.29, 1.82) is 0 Å². The van der Waals surface area contributed by atoms with E-state index in [4.69, 9.17) is 0 Å². The molecule has 0 radical (unpaired) electrons. The third-order valence-corrected chi connectivity index (χ3v) is 6.52. The summed E-state index contributed by atoms with van der Waals surface area (Å²) < 4.78 is 0. The summed E-state index contributed by atoms with van der Waals surface area (Å²) in [6.07, 6.45) is 5.13. The first kappa shape index (κ1) is 13.0. The number of nitrogens with zero attached hydrogens (tertiary/aromatic N) is 1. The lowest BCUT2D eigenvalue weighted by Crippen LogP contribution is -2.56. The monoisotopic (exact) mass is 296 g/mol. The van der Waals surface area contributed by atoms with E-state index < -0.39 is 0 Å². The zero-order valence-corrected chi connectivity index (χ0v) is 13.2. The molecule has 1 aromatic heterocycles. The Morgan fingerprint density at radius 1 is 1.32 bits per heavy atom. The lowest BCUT2D eigenvalue weighted by Gasteiger charge is -2.53. The quantitative estimate of drug-likeness (QED) is 0.843. The fourth-order valence-corrected chi connectivity index (χ4v) is 5.73. The van der Waals surface area contributed by atoms with E-state index in [1.165, 1.54) is 37.1 Å². The molecule has 4 heterocycles. The summed E-state index contributed by atoms with van der Waals surface area (Å²) >= 11 is 0. The number of phenolic OH excluding ortho intramolecular Hbond substituents is 1. The predicted molar refractivity (Wildman–Crippen MR) is 88.3 cm³/mol. The van der Waals surface area contributed by atoms with Gasteiger partial charge in [0.15, 0.2) is 0 Å². The number of hydrogen-bond acceptors (Lipinski definition) is 2. The van der Waals surface area contributed by atoms with Gasteiger partial charge in [-0.3, -0.25) is 4.90 Å². The van der Waals surface area contributed by atoms with Gasteiger partial charge in [0.2, 0.25) is 0 Å². The fraction of sp³-hybridized carbons (Fsp3) is 0.579. The van der Waals surface area contributed by atoms with Crippen LogP contribution in [0.2, 0.25) is 0 Å². The van der Waals surface area contributed by atoms with E-state index in [-0.39, 0.29) is 0 Å². The van der Waals surface area contributed by atoms with Gasteiger partial charge in [0.1, 0.15) is 5.75 Å². The second kappa shape index (κ2) is 4.51. The van der Waals surface area contributed by atoms with Crippen LogP contribution in [-0.4, -0.2) is 34.1 Å². The molecule has 2 saturated heterocycles. The Hall–Kier alpha value is -1.48. The van der Waals surface area contributed by atoms with Crippen molar-refractivity contribution in [2.24, 2.45) is 11.8 Å². The van der Waals surface area contributed by atoms with Gasteiger partial charge in [-0.25, -0.2) is 0 Å². The first-order valence-electron chi connectivity index (χ1n) is 8.82. The molecule has 22 heavy (non-hydrogen) atoms. The molecule has 116 valence electrons. The predicted octanol–water partition coefficient (Wildman–Crippen LogP) is 3.63. The van der Waals surface area contributed by atoms with Gasteiger partial charge in [-0.2, -0.15) is 0 Å². The minimum atomic E-state index is 0.443. The molecule has 1 aliphatic carbocycles. The van der Waals surface area contributed by atoms with Gasteiger partial charge in [0.05, 0.1) is 0 Å². The van der Waals surface area contributed by atoms with Crippen LogP contribution in [-0.2, 0) is 6.42 Å². The summed E-state index contributed by atoms with van der Waals surface area (Å²) in [4.78, 5) is 6.46. The topological polar surface area (TPSA) is 39.3 Å². The number of fused-ring (bicyclic) bond motifs is 4. The molecule has 2 N–H and O–H groups in total. The number of benzene rings is 1. The third-order valence-electron chi connectivity index (χ3n) is 6.52. The largest absolute Gasteiger partial charge is 0.507 e. The van der Waals surface area contributed by atoms with E-state index in [0.717, 1.165) is 35.7 Å². The standard InChI is InChI=1S/C19H24N2O/c1-2-12-8-11-9-14-18-13(6-7-21(10-11)19(12)14)17-15(20-18)4-3-5-16(17)22/h3-5,11-12,14,19-20,22H,2,6-10H2,1H3/t11-,12+,14+,19+/m1/s1. The second-order valence-corrected chi connectivity index (χ2v) is 7.56. The number of piperidine rings is 2. The number of hydrogen-bond donors (Lipinski definition) is 2. The summed E-state index contributed by atoms with van der Waals surface area (Å²) in [5.41, 5.74) is 3.95. The van der Waals surface area contributed by atoms with Gasteiger partial charge in [-0.05, 0) is 48.8 Å². The molecule has 4 aliphatic rings. The van der Waals surface area contributed by atoms with E-state index in [1.54, 1.807) is 0 Å². The smallest absolute Gasteiger partial charge is 0.125 e. The molecule has 4 bridgehead atoms. The summed E-state index contributed by atoms with van der Waals surface area (Å²) in [6.45, 7) is 4.81. The van der Waals surface area contributed by atoms with Crippen molar-refractivity contribution in [2.75, 3.05) is 13.1 Å². The highest BCUT2D eigenvalue weighted by Crippen LogP contribution is 2.51. The Morgan fingerprint density at radius 2 is 2.23 bits per heavy atom. The highest BCUT2D eigenvalue weighted by Gasteiger charge is 2.48. The van der Waals surface area contributed by atoms with Gasteiger partial charge in [-0.15, -0.1) is 0 Å². The van der Waals surface area contributed by atoms with E-state index in [9.17, 15) is 5.11 Å². The average molecular weight is 296 g/mol. The van der Waals surface area contributed by atoms with Crippen molar-refractivity contribution in [3.63, 3.8) is 0 Å². The summed E-state index contributed by atoms with van der Waals surface area (Å²) in [6, 6.07) is 6.60. The molecule has 3 aliphatic heterocycles. The summed E-state index contributed by atoms with van der Waals surface area (Å²) in [7, 11) is 0. The Morgan fingerprint density at radius 3 is 3.09 bits per heavy atom. The van der Waals surface area contributed by atoms with E-state index in [0.29, 0.717) is 17.7 Å². The highest BCUT2D eigenvalue weighted by molar-refractivity contribution is 5.90. The molecule has 1 unspecified atom stereocenters. The van der Waals surface area contributed by atoms with Gasteiger partial charge in [0.25, 0.3) is 0 Å². The number of aromatic nitrogens is 1. The molecule has 0 amide bonds. The molecule has 2 aromatic rings. The highest BCUT2D eigenvalue weighted by atomic mass is 16.3. The Balaban J connectivity index is 1.71. The van der Waals surface area contributed by atoms with E-state index in [1.807, 2.05) is 12.1 Å². The van der Waals surface area contributed by atoms with Crippen molar-refractivity contribution in [3.05, 3.63) is 29.5 Å². The maximum Gasteiger partial charge on any atom is 0.125 e. The van der Waals surface area contributed by atoms with Gasteiger partial charge < -0.3 is 10.1 Å². The fourth-order valence-electron chi connectivity index (χ4n) is 5.73. The molecular weight excluding hydrogens is 272 g/mol. The van der Waals surface area contributed by atoms with Crippen LogP contribution in [0.4, 0.5) is 0 Å². The summed E-state index contributed by atoms with van der Waals surface area (Å²) in [5, 5.41) is 11.4. The maximum absolute atomic E-state index is 10.3. The maximum atomic E-state index is 10.3. The van der Waals surface area contributed by atoms with Crippen LogP contribution in [0.5, 0.6) is 5.75 Å². The first-order valence-corrected chi connectivity index (χ1v) is 8.82. The third kappa shape index (κ3) is 1.60. The molecule has 1 saturated carbocycles. The molecule has 3 fully saturated rings. The van der Waals surface area contributed by atoms with Crippen molar-refractivity contribution in [2.45, 2.75) is 44.6 Å². The number of aromatic hydroxyl groups is 1. The SMILES string of the molecule is CC[C@H]1C[C@@H]2C[C@H]3c4[nH]c5cccc(O)c5c4CCN(C2)[C@@H]13. The Bertz CT molecular complexity index is 734. The van der Waals surface area contributed by atoms with Gasteiger partial charge in [0, 0.05) is 41.6 Å². The minimum absolute atomic E-state index is 0.443. The van der Waals surface area contributed by atoms with Crippen LogP contribution in [0.15, 0.2) is 18.2 Å². The number of aromatic amines is 1. The number of H-pyrrole nitrogens is 1. The van der Waals surface area contributed by atoms with Crippen molar-refractivity contribution < 1.29 is 5.11 Å². The molecular formula is C19H24N2O. The van der Waals surface area contributed by atoms with Crippen LogP contribution in [0.25, 0.3) is 10.9 Å². The molecule has 3 nitrogen and oxygen atoms in total. The van der Waals surface area contributed by atoms with Gasteiger partial charge >= 0.3 is 0 Å². The zero-order chi connectivity index (χ0) is 14.8. The Kier molecular flexibility index (Phi) is 2.67. The minimum Gasteiger partial charge on any atom is -0.507 e. The molecule has 3 heteroatoms. The average Bonchev–Trinajstić information content (AvgIpc) is 2.88. The van der Waals surface area contributed by atoms with Crippen molar-refractivity contribution >= 4 is 10.9 Å². The van der Waals surface area contributed by atoms with Crippen LogP contribution in [0.1, 0.15) is 43.4 Å². The van der Waals surface area contributed by atoms with Crippen LogP contribution >= 0.6 is 0 Å². The lowest BCUT2D eigenvalue weighted by atomic mass is 9.65. The molecule has 0 spiro atoms. The lowest BCUT2D eigenvalue weighted by molar-refractivity contribution is -0.0134. The molecule has 5 atom stereocenters. The van der Waals surface area contributed by atoms with Gasteiger partial charge in [-0.1, -0.05) is 19.4 Å². The first-order chi connectivity index (χ1) is 10.8. The van der Waals surface area contributed by atoms with Crippen molar-refractivity contribution in [1.82, 2.24) is 9.88 Å². The zero-order valence-electron chi connectivity index (χ0n) is 13.2. The van der Waals surface area contributed by atoms with E-state index in [2.05, 4.69) is 22.9 Å². The molecule has 1 aromatic carbocycles. The second-order valence-electron chi connectivity index (χ2n) is 7.56. The van der Waals surface area contributed by atoms with Crippen LogP contribution in [0.3, 0.4) is 0 Å². The Labute approximate surface area is 131 Å². The van der Waals surface area contributed by atoms with Crippen molar-refractivity contribution in [3.8, 4) is 5.75 Å². The number of rotatable bonds is 1. The number of nitrogens with one attached hydrogen (secondary N) is 1. The van der Waals surface area contributed by atoms with Crippen LogP contribution in [0, 0.1) is 11.8 Å². The number of phenols is 1. The van der Waals surface area contributed by atoms with E-state index >= 15 is 0 Å². The molecule has 6 rings (SSSR count).